The lowest BCUT2D eigenvalue weighted by molar-refractivity contribution is -0.113. The van der Waals surface area contributed by atoms with E-state index in [-0.39, 0.29) is 18.3 Å². The Balaban J connectivity index is 1.49. The molecule has 0 spiro atoms. The van der Waals surface area contributed by atoms with E-state index < -0.39 is 0 Å². The van der Waals surface area contributed by atoms with Crippen LogP contribution in [-0.2, 0) is 17.8 Å². The number of carbonyl (C=O) groups excluding carboxylic acids is 1. The molecule has 0 radical (unpaired) electrons. The summed E-state index contributed by atoms with van der Waals surface area (Å²) >= 11 is 7.35. The predicted molar refractivity (Wildman–Crippen MR) is 141 cm³/mol. The molecule has 0 saturated carbocycles. The number of pyridine rings is 1. The Labute approximate surface area is 217 Å². The molecule has 1 amide bonds. The predicted octanol–water partition coefficient (Wildman–Crippen LogP) is 5.73. The summed E-state index contributed by atoms with van der Waals surface area (Å²) in [6.45, 7) is 3.73. The van der Waals surface area contributed by atoms with Crippen molar-refractivity contribution in [2.75, 3.05) is 11.1 Å². The van der Waals surface area contributed by atoms with Crippen LogP contribution in [0.1, 0.15) is 27.9 Å². The van der Waals surface area contributed by atoms with Gasteiger partial charge >= 0.3 is 0 Å². The number of benzene rings is 2. The third-order valence-electron chi connectivity index (χ3n) is 5.82. The molecule has 0 atom stereocenters. The Morgan fingerprint density at radius 2 is 1.94 bits per heavy atom. The van der Waals surface area contributed by atoms with Crippen molar-refractivity contribution in [1.82, 2.24) is 15.0 Å². The minimum absolute atomic E-state index is 0.137. The van der Waals surface area contributed by atoms with Crippen molar-refractivity contribution >= 4 is 35.0 Å². The fourth-order valence-electron chi connectivity index (χ4n) is 3.94. The number of aliphatic hydroxyl groups excluding tert-OH is 1. The van der Waals surface area contributed by atoms with Crippen molar-refractivity contribution in [2.45, 2.75) is 31.9 Å². The van der Waals surface area contributed by atoms with Gasteiger partial charge in [0.25, 0.3) is 0 Å². The van der Waals surface area contributed by atoms with Crippen LogP contribution in [0.25, 0.3) is 11.4 Å². The zero-order chi connectivity index (χ0) is 25.2. The monoisotopic (exact) mass is 518 g/mol. The highest BCUT2D eigenvalue weighted by atomic mass is 35.5. The van der Waals surface area contributed by atoms with Crippen LogP contribution in [-0.4, -0.2) is 31.7 Å². The number of anilines is 1. The van der Waals surface area contributed by atoms with E-state index in [0.717, 1.165) is 27.9 Å². The minimum Gasteiger partial charge on any atom is -0.436 e. The van der Waals surface area contributed by atoms with Gasteiger partial charge in [-0.2, -0.15) is 4.98 Å². The average molecular weight is 519 g/mol. The van der Waals surface area contributed by atoms with Gasteiger partial charge in [-0.05, 0) is 32.0 Å². The summed E-state index contributed by atoms with van der Waals surface area (Å²) in [5, 5.41) is 13.9. The molecule has 2 aromatic heterocycles. The second-order valence-corrected chi connectivity index (χ2v) is 9.86. The van der Waals surface area contributed by atoms with Gasteiger partial charge in [-0.3, -0.25) is 9.78 Å². The van der Waals surface area contributed by atoms with Crippen LogP contribution in [0.4, 0.5) is 5.69 Å². The molecule has 182 valence electrons. The van der Waals surface area contributed by atoms with E-state index in [4.69, 9.17) is 26.3 Å². The molecule has 5 rings (SSSR count). The first-order valence-electron chi connectivity index (χ1n) is 11.3. The van der Waals surface area contributed by atoms with Gasteiger partial charge in [0.05, 0.1) is 23.6 Å². The summed E-state index contributed by atoms with van der Waals surface area (Å²) < 4.78 is 6.24. The number of nitrogens with one attached hydrogen (secondary N) is 1. The summed E-state index contributed by atoms with van der Waals surface area (Å²) in [7, 11) is 0. The quantitative estimate of drug-likeness (QED) is 0.219. The van der Waals surface area contributed by atoms with Gasteiger partial charge in [0.1, 0.15) is 5.03 Å². The molecule has 9 heteroatoms. The zero-order valence-corrected chi connectivity index (χ0v) is 21.3. The fourth-order valence-corrected chi connectivity index (χ4v) is 4.96. The van der Waals surface area contributed by atoms with Crippen molar-refractivity contribution in [3.8, 4) is 23.0 Å². The maximum absolute atomic E-state index is 12.7. The number of hydrogen-bond acceptors (Lipinski definition) is 7. The maximum atomic E-state index is 12.7. The largest absolute Gasteiger partial charge is 0.436 e. The highest BCUT2D eigenvalue weighted by Crippen LogP contribution is 2.42. The molecule has 0 bridgehead atoms. The summed E-state index contributed by atoms with van der Waals surface area (Å²) in [4.78, 5) is 26.6. The number of hydrogen-bond donors (Lipinski definition) is 2. The third-order valence-corrected chi connectivity index (χ3v) is 7.07. The summed E-state index contributed by atoms with van der Waals surface area (Å²) in [6.07, 6.45) is 2.13. The first-order chi connectivity index (χ1) is 17.4. The Morgan fingerprint density at radius 3 is 2.69 bits per heavy atom. The van der Waals surface area contributed by atoms with Gasteiger partial charge in [0, 0.05) is 40.0 Å². The molecule has 0 unspecified atom stereocenters. The highest BCUT2D eigenvalue weighted by molar-refractivity contribution is 8.00. The number of thioether (sulfide) groups is 1. The van der Waals surface area contributed by atoms with Gasteiger partial charge in [-0.25, -0.2) is 4.98 Å². The molecule has 0 fully saturated rings. The van der Waals surface area contributed by atoms with Crippen molar-refractivity contribution in [3.63, 3.8) is 0 Å². The molecule has 2 aromatic carbocycles. The number of aryl methyl sites for hydroxylation is 2. The normalized spacial score (nSPS) is 11.9. The Hall–Kier alpha value is -3.46. The van der Waals surface area contributed by atoms with Crippen molar-refractivity contribution in [3.05, 3.63) is 87.7 Å². The lowest BCUT2D eigenvalue weighted by Gasteiger charge is -2.24. The summed E-state index contributed by atoms with van der Waals surface area (Å²) in [5.74, 6) is 1.51. The standard InChI is InChI=1S/C27H23ClN4O3S/c1-15-6-8-17(9-7-15)25-31-26-22(11-21-18(13-33)12-29-16(2)24(21)35-26)27(32-25)36-14-23(34)30-20-5-3-4-19(28)10-20/h3-10,12,33H,11,13-14H2,1-2H3,(H,30,34). The lowest BCUT2D eigenvalue weighted by Crippen LogP contribution is -2.16. The van der Waals surface area contributed by atoms with E-state index in [1.807, 2.05) is 38.1 Å². The average Bonchev–Trinajstić information content (AvgIpc) is 2.87. The smallest absolute Gasteiger partial charge is 0.234 e. The fraction of sp³-hybridized carbons (Fsp3) is 0.185. The molecule has 0 aliphatic carbocycles. The molecule has 4 aromatic rings. The molecule has 0 saturated heterocycles. The van der Waals surface area contributed by atoms with Gasteiger partial charge in [-0.1, -0.05) is 59.3 Å². The van der Waals surface area contributed by atoms with Gasteiger partial charge in [0.15, 0.2) is 11.6 Å². The van der Waals surface area contributed by atoms with Gasteiger partial charge < -0.3 is 15.2 Å². The van der Waals surface area contributed by atoms with Crippen LogP contribution < -0.4 is 10.1 Å². The van der Waals surface area contributed by atoms with E-state index in [1.165, 1.54) is 11.8 Å². The molecule has 7 nitrogen and oxygen atoms in total. The van der Waals surface area contributed by atoms with E-state index in [2.05, 4.69) is 10.3 Å². The van der Waals surface area contributed by atoms with Gasteiger partial charge in [0.2, 0.25) is 11.8 Å². The minimum atomic E-state index is -0.181. The first-order valence-corrected chi connectivity index (χ1v) is 12.7. The number of amides is 1. The lowest BCUT2D eigenvalue weighted by atomic mass is 9.99. The van der Waals surface area contributed by atoms with E-state index in [0.29, 0.717) is 45.2 Å². The first kappa shape index (κ1) is 24.2. The van der Waals surface area contributed by atoms with Crippen LogP contribution in [0.5, 0.6) is 11.6 Å². The number of aromatic nitrogens is 3. The molecule has 2 N–H and O–H groups in total. The number of halogens is 1. The Morgan fingerprint density at radius 1 is 1.14 bits per heavy atom. The second-order valence-electron chi connectivity index (χ2n) is 8.46. The van der Waals surface area contributed by atoms with Crippen LogP contribution in [0.3, 0.4) is 0 Å². The second kappa shape index (κ2) is 10.3. The third kappa shape index (κ3) is 5.06. The number of carbonyl (C=O) groups is 1. The molecular formula is C27H23ClN4O3S. The van der Waals surface area contributed by atoms with Crippen molar-refractivity contribution in [2.24, 2.45) is 0 Å². The maximum Gasteiger partial charge on any atom is 0.234 e. The SMILES string of the molecule is Cc1ccc(-c2nc3c(c(SCC(=O)Nc4cccc(Cl)c4)n2)Cc2c(CO)cnc(C)c2O3)cc1. The van der Waals surface area contributed by atoms with Crippen LogP contribution in [0, 0.1) is 13.8 Å². The highest BCUT2D eigenvalue weighted by Gasteiger charge is 2.28. The van der Waals surface area contributed by atoms with Crippen molar-refractivity contribution < 1.29 is 14.6 Å². The zero-order valence-electron chi connectivity index (χ0n) is 19.7. The van der Waals surface area contributed by atoms with Crippen LogP contribution in [0.2, 0.25) is 5.02 Å². The molecule has 1 aliphatic rings. The van der Waals surface area contributed by atoms with Crippen LogP contribution >= 0.6 is 23.4 Å². The Kier molecular flexibility index (Phi) is 6.91. The number of fused-ring (bicyclic) bond motifs is 2. The van der Waals surface area contributed by atoms with Crippen LogP contribution in [0.15, 0.2) is 59.8 Å². The molecule has 36 heavy (non-hydrogen) atoms. The van der Waals surface area contributed by atoms with E-state index in [1.54, 1.807) is 30.5 Å². The van der Waals surface area contributed by atoms with Gasteiger partial charge in [-0.15, -0.1) is 0 Å². The summed E-state index contributed by atoms with van der Waals surface area (Å²) in [5.41, 5.74) is 5.66. The van der Waals surface area contributed by atoms with E-state index in [9.17, 15) is 9.90 Å². The molecule has 3 heterocycles. The number of nitrogens with zero attached hydrogens (tertiary/aromatic N) is 3. The molecule has 1 aliphatic heterocycles. The number of aliphatic hydroxyl groups is 1. The van der Waals surface area contributed by atoms with E-state index >= 15 is 0 Å². The Bertz CT molecular complexity index is 1460. The number of ether oxygens (including phenoxy) is 1. The summed E-state index contributed by atoms with van der Waals surface area (Å²) in [6, 6.07) is 14.9. The molecular weight excluding hydrogens is 496 g/mol. The topological polar surface area (TPSA) is 97.2 Å². The van der Waals surface area contributed by atoms with Crippen molar-refractivity contribution in [1.29, 1.82) is 0 Å². The number of rotatable bonds is 6.